The zero-order valence-corrected chi connectivity index (χ0v) is 20.2. The van der Waals surface area contributed by atoms with E-state index < -0.39 is 17.9 Å². The molecule has 0 spiro atoms. The minimum absolute atomic E-state index is 0.0215. The van der Waals surface area contributed by atoms with Crippen molar-refractivity contribution in [2.24, 2.45) is 11.8 Å². The van der Waals surface area contributed by atoms with E-state index in [2.05, 4.69) is 24.3 Å². The highest BCUT2D eigenvalue weighted by atomic mass is 16.5. The summed E-state index contributed by atoms with van der Waals surface area (Å²) in [5.41, 5.74) is 2.11. The molecule has 6 nitrogen and oxygen atoms in total. The van der Waals surface area contributed by atoms with Gasteiger partial charge in [-0.2, -0.15) is 0 Å². The number of carbonyl (C=O) groups is 2. The maximum atomic E-state index is 11.9. The summed E-state index contributed by atoms with van der Waals surface area (Å²) in [5.74, 6) is 0.230. The maximum absolute atomic E-state index is 11.9. The van der Waals surface area contributed by atoms with Crippen LogP contribution in [-0.4, -0.2) is 29.3 Å². The zero-order chi connectivity index (χ0) is 24.2. The van der Waals surface area contributed by atoms with Crippen molar-refractivity contribution in [1.29, 1.82) is 0 Å². The van der Waals surface area contributed by atoms with E-state index in [0.717, 1.165) is 31.2 Å². The minimum Gasteiger partial charge on any atom is -0.490 e. The van der Waals surface area contributed by atoms with E-state index in [1.807, 2.05) is 26.0 Å². The van der Waals surface area contributed by atoms with Crippen LogP contribution in [0.3, 0.4) is 0 Å². The average Bonchev–Trinajstić information content (AvgIpc) is 2.78. The van der Waals surface area contributed by atoms with Crippen LogP contribution in [0.15, 0.2) is 42.5 Å². The van der Waals surface area contributed by atoms with Crippen LogP contribution in [0.2, 0.25) is 0 Å². The molecule has 1 saturated carbocycles. The van der Waals surface area contributed by atoms with Gasteiger partial charge in [-0.1, -0.05) is 30.3 Å². The standard InChI is InChI=1S/C28H34O6/c1-17(8-7-11-20-9-5-4-6-10-20)32-22-15-25-27(26(16-22)34-19(3)29)24-14-21(28(30)31)12-13-23(24)18(2)33-25/h4-6,9-10,15-18,21,23-24H,7-8,11-14H2,1-3H3,(H,30,31)/t17?,18?,21-,23-,24-/m1/s1. The number of carbonyl (C=O) groups excluding carboxylic acids is 1. The second-order valence-corrected chi connectivity index (χ2v) is 9.67. The first-order valence-electron chi connectivity index (χ1n) is 12.3. The molecule has 0 aromatic heterocycles. The zero-order valence-electron chi connectivity index (χ0n) is 20.2. The van der Waals surface area contributed by atoms with Gasteiger partial charge in [0, 0.05) is 30.5 Å². The van der Waals surface area contributed by atoms with Crippen molar-refractivity contribution in [3.8, 4) is 17.2 Å². The number of hydrogen-bond acceptors (Lipinski definition) is 5. The smallest absolute Gasteiger partial charge is 0.308 e. The molecule has 182 valence electrons. The molecule has 0 amide bonds. The van der Waals surface area contributed by atoms with Crippen LogP contribution >= 0.6 is 0 Å². The molecule has 2 unspecified atom stereocenters. The summed E-state index contributed by atoms with van der Waals surface area (Å²) in [6.07, 6.45) is 4.75. The highest BCUT2D eigenvalue weighted by Gasteiger charge is 2.44. The first-order chi connectivity index (χ1) is 16.3. The SMILES string of the molecule is CC(=O)Oc1cc(OC(C)CCCc2ccccc2)cc2c1[C@@H]1C[C@H](C(=O)O)CC[C@@H]1C(C)O2. The van der Waals surface area contributed by atoms with Crippen LogP contribution in [0.25, 0.3) is 0 Å². The van der Waals surface area contributed by atoms with Crippen molar-refractivity contribution in [2.45, 2.75) is 77.4 Å². The number of rotatable bonds is 8. The highest BCUT2D eigenvalue weighted by molar-refractivity contribution is 5.72. The number of esters is 1. The lowest BCUT2D eigenvalue weighted by Crippen LogP contribution is -2.39. The van der Waals surface area contributed by atoms with Crippen LogP contribution in [0.5, 0.6) is 17.2 Å². The predicted octanol–water partition coefficient (Wildman–Crippen LogP) is 5.77. The minimum atomic E-state index is -0.766. The van der Waals surface area contributed by atoms with Gasteiger partial charge in [0.25, 0.3) is 0 Å². The molecule has 2 aromatic rings. The van der Waals surface area contributed by atoms with Gasteiger partial charge in [0.2, 0.25) is 0 Å². The summed E-state index contributed by atoms with van der Waals surface area (Å²) in [4.78, 5) is 23.6. The number of benzene rings is 2. The molecular weight excluding hydrogens is 432 g/mol. The molecule has 5 atom stereocenters. The van der Waals surface area contributed by atoms with Gasteiger partial charge in [-0.05, 0) is 63.9 Å². The highest BCUT2D eigenvalue weighted by Crippen LogP contribution is 2.53. The summed E-state index contributed by atoms with van der Waals surface area (Å²) in [5, 5.41) is 9.61. The second kappa shape index (κ2) is 10.5. The van der Waals surface area contributed by atoms with E-state index in [4.69, 9.17) is 14.2 Å². The van der Waals surface area contributed by atoms with Crippen molar-refractivity contribution in [1.82, 2.24) is 0 Å². The molecule has 2 aliphatic rings. The second-order valence-electron chi connectivity index (χ2n) is 9.67. The third kappa shape index (κ3) is 5.54. The Morgan fingerprint density at radius 3 is 2.65 bits per heavy atom. The van der Waals surface area contributed by atoms with Crippen molar-refractivity contribution in [3.63, 3.8) is 0 Å². The van der Waals surface area contributed by atoms with E-state index in [0.29, 0.717) is 30.1 Å². The molecule has 1 aliphatic heterocycles. The van der Waals surface area contributed by atoms with Gasteiger partial charge < -0.3 is 19.3 Å². The Morgan fingerprint density at radius 1 is 1.18 bits per heavy atom. The molecule has 1 N–H and O–H groups in total. The fourth-order valence-electron chi connectivity index (χ4n) is 5.48. The number of fused-ring (bicyclic) bond motifs is 3. The molecule has 0 saturated heterocycles. The largest absolute Gasteiger partial charge is 0.490 e. The Morgan fingerprint density at radius 2 is 1.94 bits per heavy atom. The Labute approximate surface area is 201 Å². The molecule has 2 aromatic carbocycles. The van der Waals surface area contributed by atoms with Gasteiger partial charge in [-0.3, -0.25) is 9.59 Å². The van der Waals surface area contributed by atoms with E-state index in [-0.39, 0.29) is 24.0 Å². The van der Waals surface area contributed by atoms with Gasteiger partial charge in [-0.15, -0.1) is 0 Å². The number of hydrogen-bond donors (Lipinski definition) is 1. The predicted molar refractivity (Wildman–Crippen MR) is 129 cm³/mol. The number of carboxylic acid groups (broad SMARTS) is 1. The lowest BCUT2D eigenvalue weighted by atomic mass is 9.67. The summed E-state index contributed by atoms with van der Waals surface area (Å²) in [7, 11) is 0. The summed E-state index contributed by atoms with van der Waals surface area (Å²) < 4.78 is 18.1. The number of aryl methyl sites for hydroxylation is 1. The van der Waals surface area contributed by atoms with Crippen LogP contribution < -0.4 is 14.2 Å². The average molecular weight is 467 g/mol. The summed E-state index contributed by atoms with van der Waals surface area (Å²) in [6, 6.07) is 14.0. The first-order valence-corrected chi connectivity index (χ1v) is 12.3. The Hall–Kier alpha value is -3.02. The monoisotopic (exact) mass is 466 g/mol. The van der Waals surface area contributed by atoms with Crippen LogP contribution in [0.1, 0.15) is 69.9 Å². The number of ether oxygens (including phenoxy) is 3. The maximum Gasteiger partial charge on any atom is 0.308 e. The third-order valence-electron chi connectivity index (χ3n) is 7.13. The summed E-state index contributed by atoms with van der Waals surface area (Å²) >= 11 is 0. The normalized spacial score (nSPS) is 24.2. The van der Waals surface area contributed by atoms with Gasteiger partial charge in [-0.25, -0.2) is 0 Å². The molecule has 4 rings (SSSR count). The van der Waals surface area contributed by atoms with Crippen LogP contribution in [0.4, 0.5) is 0 Å². The topological polar surface area (TPSA) is 82.1 Å². The molecule has 6 heteroatoms. The summed E-state index contributed by atoms with van der Waals surface area (Å²) in [6.45, 7) is 5.44. The Kier molecular flexibility index (Phi) is 7.44. The van der Waals surface area contributed by atoms with Gasteiger partial charge in [0.1, 0.15) is 17.2 Å². The van der Waals surface area contributed by atoms with Crippen LogP contribution in [-0.2, 0) is 16.0 Å². The molecule has 0 bridgehead atoms. The third-order valence-corrected chi connectivity index (χ3v) is 7.13. The molecule has 1 aliphatic carbocycles. The van der Waals surface area contributed by atoms with E-state index in [1.165, 1.54) is 12.5 Å². The van der Waals surface area contributed by atoms with Crippen molar-refractivity contribution < 1.29 is 28.9 Å². The van der Waals surface area contributed by atoms with Crippen molar-refractivity contribution >= 4 is 11.9 Å². The molecule has 1 heterocycles. The van der Waals surface area contributed by atoms with Crippen molar-refractivity contribution in [3.05, 3.63) is 53.6 Å². The molecule has 0 radical (unpaired) electrons. The lowest BCUT2D eigenvalue weighted by Gasteiger charge is -2.43. The first kappa shape index (κ1) is 24.1. The van der Waals surface area contributed by atoms with Gasteiger partial charge in [0.05, 0.1) is 18.1 Å². The Bertz CT molecular complexity index is 1020. The number of aliphatic carboxylic acids is 1. The molecule has 34 heavy (non-hydrogen) atoms. The van der Waals surface area contributed by atoms with Gasteiger partial charge >= 0.3 is 11.9 Å². The Balaban J connectivity index is 1.53. The van der Waals surface area contributed by atoms with E-state index in [1.54, 1.807) is 6.07 Å². The fourth-order valence-corrected chi connectivity index (χ4v) is 5.48. The van der Waals surface area contributed by atoms with E-state index in [9.17, 15) is 14.7 Å². The molecular formula is C28H34O6. The quantitative estimate of drug-likeness (QED) is 0.393. The fraction of sp³-hybridized carbons (Fsp3) is 0.500. The van der Waals surface area contributed by atoms with Crippen molar-refractivity contribution in [2.75, 3.05) is 0 Å². The molecule has 1 fully saturated rings. The van der Waals surface area contributed by atoms with Crippen LogP contribution in [0, 0.1) is 11.8 Å². The van der Waals surface area contributed by atoms with Gasteiger partial charge in [0.15, 0.2) is 0 Å². The number of carboxylic acids is 1. The van der Waals surface area contributed by atoms with E-state index >= 15 is 0 Å². The lowest BCUT2D eigenvalue weighted by molar-refractivity contribution is -0.144.